The number of rotatable bonds is 3. The number of nitrogens with two attached hydrogens (primary N) is 1. The average Bonchev–Trinajstić information content (AvgIpc) is 2.18. The summed E-state index contributed by atoms with van der Waals surface area (Å²) < 4.78 is 4.92. The molecule has 14 heavy (non-hydrogen) atoms. The Morgan fingerprint density at radius 1 is 1.43 bits per heavy atom. The number of hydrogen-bond acceptors (Lipinski definition) is 3. The highest BCUT2D eigenvalue weighted by molar-refractivity contribution is 5.85. The molecule has 0 saturated heterocycles. The molecule has 0 radical (unpaired) electrons. The maximum Gasteiger partial charge on any atom is 0.0991 e. The Balaban J connectivity index is 0.00000169. The van der Waals surface area contributed by atoms with Crippen LogP contribution >= 0.6 is 12.4 Å². The van der Waals surface area contributed by atoms with Crippen LogP contribution in [0.2, 0.25) is 0 Å². The first-order valence-corrected chi connectivity index (χ1v) is 4.02. The van der Waals surface area contributed by atoms with Gasteiger partial charge in [-0.1, -0.05) is 12.1 Å². The number of ether oxygens (including phenoxy) is 1. The number of halogens is 1. The largest absolute Gasteiger partial charge is 0.383 e. The summed E-state index contributed by atoms with van der Waals surface area (Å²) in [5, 5.41) is 8.56. The third-order valence-electron chi connectivity index (χ3n) is 1.81. The zero-order valence-corrected chi connectivity index (χ0v) is 8.75. The molecule has 3 nitrogen and oxygen atoms in total. The highest BCUT2D eigenvalue weighted by atomic mass is 35.5. The van der Waals surface area contributed by atoms with Crippen molar-refractivity contribution < 1.29 is 4.74 Å². The molecule has 1 aromatic rings. The van der Waals surface area contributed by atoms with Crippen LogP contribution in [-0.2, 0) is 4.74 Å². The summed E-state index contributed by atoms with van der Waals surface area (Å²) in [5.41, 5.74) is 7.42. The maximum absolute atomic E-state index is 8.56. The van der Waals surface area contributed by atoms with Crippen LogP contribution in [0.15, 0.2) is 24.3 Å². The lowest BCUT2D eigenvalue weighted by molar-refractivity contribution is 0.181. The van der Waals surface area contributed by atoms with Crippen molar-refractivity contribution in [2.45, 2.75) is 6.04 Å². The van der Waals surface area contributed by atoms with Gasteiger partial charge in [-0.05, 0) is 17.7 Å². The summed E-state index contributed by atoms with van der Waals surface area (Å²) in [4.78, 5) is 0. The second kappa shape index (κ2) is 6.39. The van der Waals surface area contributed by atoms with Gasteiger partial charge in [0.1, 0.15) is 0 Å². The van der Waals surface area contributed by atoms with Crippen LogP contribution in [0.25, 0.3) is 0 Å². The lowest BCUT2D eigenvalue weighted by Gasteiger charge is -2.09. The maximum atomic E-state index is 8.56. The van der Waals surface area contributed by atoms with Gasteiger partial charge < -0.3 is 10.5 Å². The zero-order valence-electron chi connectivity index (χ0n) is 7.93. The van der Waals surface area contributed by atoms with Gasteiger partial charge in [-0.15, -0.1) is 12.4 Å². The van der Waals surface area contributed by atoms with Gasteiger partial charge >= 0.3 is 0 Å². The van der Waals surface area contributed by atoms with Crippen LogP contribution in [0.1, 0.15) is 17.2 Å². The number of nitrogens with zero attached hydrogens (tertiary/aromatic N) is 1. The lowest BCUT2D eigenvalue weighted by Crippen LogP contribution is -2.15. The molecule has 0 aliphatic carbocycles. The standard InChI is InChI=1S/C10H12N2O.ClH/c1-13-7-10(12)9-4-2-8(6-11)3-5-9;/h2-5,10H,7,12H2,1H3;1H. The van der Waals surface area contributed by atoms with Crippen molar-refractivity contribution in [3.8, 4) is 6.07 Å². The first kappa shape index (κ1) is 12.9. The molecular weight excluding hydrogens is 200 g/mol. The normalized spacial score (nSPS) is 11.2. The monoisotopic (exact) mass is 212 g/mol. The molecule has 1 atom stereocenters. The second-order valence-electron chi connectivity index (χ2n) is 2.80. The quantitative estimate of drug-likeness (QED) is 0.829. The molecule has 0 saturated carbocycles. The molecule has 0 aliphatic heterocycles. The Kier molecular flexibility index (Phi) is 5.89. The highest BCUT2D eigenvalue weighted by Gasteiger charge is 2.04. The van der Waals surface area contributed by atoms with Crippen LogP contribution < -0.4 is 5.73 Å². The van der Waals surface area contributed by atoms with Crippen LogP contribution in [-0.4, -0.2) is 13.7 Å². The summed E-state index contributed by atoms with van der Waals surface area (Å²) >= 11 is 0. The minimum Gasteiger partial charge on any atom is -0.383 e. The van der Waals surface area contributed by atoms with Crippen molar-refractivity contribution in [2.75, 3.05) is 13.7 Å². The van der Waals surface area contributed by atoms with Crippen molar-refractivity contribution in [1.82, 2.24) is 0 Å². The molecule has 1 rings (SSSR count). The molecule has 1 aromatic carbocycles. The van der Waals surface area contributed by atoms with Gasteiger partial charge in [0.25, 0.3) is 0 Å². The van der Waals surface area contributed by atoms with Gasteiger partial charge in [0.15, 0.2) is 0 Å². The molecule has 0 spiro atoms. The minimum absolute atomic E-state index is 0. The fourth-order valence-corrected chi connectivity index (χ4v) is 1.08. The second-order valence-corrected chi connectivity index (χ2v) is 2.80. The van der Waals surface area contributed by atoms with Gasteiger partial charge in [0, 0.05) is 7.11 Å². The van der Waals surface area contributed by atoms with E-state index in [2.05, 4.69) is 6.07 Å². The summed E-state index contributed by atoms with van der Waals surface area (Å²) in [6.07, 6.45) is 0. The van der Waals surface area contributed by atoms with E-state index in [-0.39, 0.29) is 18.4 Å². The minimum atomic E-state index is -0.113. The Bertz CT molecular complexity index is 305. The molecule has 1 unspecified atom stereocenters. The molecule has 2 N–H and O–H groups in total. The van der Waals surface area contributed by atoms with Crippen molar-refractivity contribution in [3.63, 3.8) is 0 Å². The Morgan fingerprint density at radius 3 is 2.43 bits per heavy atom. The average molecular weight is 213 g/mol. The van der Waals surface area contributed by atoms with E-state index in [1.807, 2.05) is 12.1 Å². The first-order valence-electron chi connectivity index (χ1n) is 4.02. The molecule has 0 bridgehead atoms. The molecule has 0 aromatic heterocycles. The summed E-state index contributed by atoms with van der Waals surface area (Å²) in [6, 6.07) is 9.15. The molecule has 0 heterocycles. The summed E-state index contributed by atoms with van der Waals surface area (Å²) in [6.45, 7) is 0.492. The van der Waals surface area contributed by atoms with E-state index in [1.165, 1.54) is 0 Å². The van der Waals surface area contributed by atoms with Crippen LogP contribution in [0.5, 0.6) is 0 Å². The van der Waals surface area contributed by atoms with E-state index >= 15 is 0 Å². The van der Waals surface area contributed by atoms with Gasteiger partial charge in [0.2, 0.25) is 0 Å². The summed E-state index contributed by atoms with van der Waals surface area (Å²) in [5.74, 6) is 0. The van der Waals surface area contributed by atoms with Crippen LogP contribution in [0.3, 0.4) is 0 Å². The van der Waals surface area contributed by atoms with Gasteiger partial charge in [-0.25, -0.2) is 0 Å². The Hall–Kier alpha value is -1.08. The number of methoxy groups -OCH3 is 1. The molecular formula is C10H13ClN2O. The highest BCUT2D eigenvalue weighted by Crippen LogP contribution is 2.11. The summed E-state index contributed by atoms with van der Waals surface area (Å²) in [7, 11) is 1.61. The van der Waals surface area contributed by atoms with Crippen molar-refractivity contribution >= 4 is 12.4 Å². The third-order valence-corrected chi connectivity index (χ3v) is 1.81. The van der Waals surface area contributed by atoms with E-state index in [9.17, 15) is 0 Å². The fraction of sp³-hybridized carbons (Fsp3) is 0.300. The third kappa shape index (κ3) is 3.35. The molecule has 76 valence electrons. The smallest absolute Gasteiger partial charge is 0.0991 e. The fourth-order valence-electron chi connectivity index (χ4n) is 1.08. The van der Waals surface area contributed by atoms with Crippen LogP contribution in [0.4, 0.5) is 0 Å². The first-order chi connectivity index (χ1) is 6.27. The van der Waals surface area contributed by atoms with E-state index in [0.29, 0.717) is 12.2 Å². The Labute approximate surface area is 89.9 Å². The number of hydrogen-bond donors (Lipinski definition) is 1. The van der Waals surface area contributed by atoms with E-state index in [1.54, 1.807) is 19.2 Å². The van der Waals surface area contributed by atoms with Crippen molar-refractivity contribution in [3.05, 3.63) is 35.4 Å². The van der Waals surface area contributed by atoms with Gasteiger partial charge in [-0.3, -0.25) is 0 Å². The molecule has 0 amide bonds. The predicted octanol–water partition coefficient (Wildman–Crippen LogP) is 1.63. The topological polar surface area (TPSA) is 59.0 Å². The molecule has 0 fully saturated rings. The van der Waals surface area contributed by atoms with E-state index < -0.39 is 0 Å². The molecule has 0 aliphatic rings. The zero-order chi connectivity index (χ0) is 9.68. The SMILES string of the molecule is COCC(N)c1ccc(C#N)cc1.Cl. The molecule has 4 heteroatoms. The number of nitriles is 1. The van der Waals surface area contributed by atoms with Crippen molar-refractivity contribution in [1.29, 1.82) is 5.26 Å². The van der Waals surface area contributed by atoms with Gasteiger partial charge in [-0.2, -0.15) is 5.26 Å². The van der Waals surface area contributed by atoms with E-state index in [0.717, 1.165) is 5.56 Å². The van der Waals surface area contributed by atoms with E-state index in [4.69, 9.17) is 15.7 Å². The van der Waals surface area contributed by atoms with Crippen LogP contribution in [0, 0.1) is 11.3 Å². The predicted molar refractivity (Wildman–Crippen MR) is 57.2 cm³/mol. The van der Waals surface area contributed by atoms with Gasteiger partial charge in [0.05, 0.1) is 24.3 Å². The Morgan fingerprint density at radius 2 is 2.00 bits per heavy atom. The lowest BCUT2D eigenvalue weighted by atomic mass is 10.1. The van der Waals surface area contributed by atoms with Crippen molar-refractivity contribution in [2.24, 2.45) is 5.73 Å². The number of benzene rings is 1.